The van der Waals surface area contributed by atoms with Gasteiger partial charge in [-0.1, -0.05) is 30.3 Å². The van der Waals surface area contributed by atoms with Crippen molar-refractivity contribution in [2.24, 2.45) is 0 Å². The Kier molecular flexibility index (Phi) is 6.05. The molecule has 0 spiro atoms. The molecule has 7 heteroatoms. The van der Waals surface area contributed by atoms with Crippen LogP contribution in [0.5, 0.6) is 0 Å². The Morgan fingerprint density at radius 1 is 1.27 bits per heavy atom. The van der Waals surface area contributed by atoms with Crippen LogP contribution in [-0.2, 0) is 4.74 Å². The predicted molar refractivity (Wildman–Crippen MR) is 96.9 cm³/mol. The molecule has 3 aromatic rings. The monoisotopic (exact) mass is 351 g/mol. The molecular formula is C19H21N5O2. The molecule has 0 saturated carbocycles. The van der Waals surface area contributed by atoms with Gasteiger partial charge in [0.05, 0.1) is 6.10 Å². The van der Waals surface area contributed by atoms with Crippen molar-refractivity contribution in [3.05, 3.63) is 72.4 Å². The van der Waals surface area contributed by atoms with Gasteiger partial charge < -0.3 is 10.1 Å². The van der Waals surface area contributed by atoms with Gasteiger partial charge in [-0.3, -0.25) is 4.79 Å². The van der Waals surface area contributed by atoms with Crippen LogP contribution in [0.25, 0.3) is 5.82 Å². The normalized spacial score (nSPS) is 11.9. The summed E-state index contributed by atoms with van der Waals surface area (Å²) < 4.78 is 7.31. The minimum Gasteiger partial charge on any atom is -0.374 e. The highest BCUT2D eigenvalue weighted by Gasteiger charge is 2.08. The summed E-state index contributed by atoms with van der Waals surface area (Å²) in [6, 6.07) is 13.4. The summed E-state index contributed by atoms with van der Waals surface area (Å²) in [4.78, 5) is 20.3. The SMILES string of the molecule is CC(OCCCNC(=O)c1ccnc(-n2cncn2)c1)c1ccccc1. The van der Waals surface area contributed by atoms with Gasteiger partial charge in [-0.2, -0.15) is 5.10 Å². The van der Waals surface area contributed by atoms with Crippen molar-refractivity contribution >= 4 is 5.91 Å². The Bertz CT molecular complexity index is 821. The molecule has 0 saturated heterocycles. The molecule has 1 unspecified atom stereocenters. The van der Waals surface area contributed by atoms with Gasteiger partial charge in [0.1, 0.15) is 12.7 Å². The molecule has 1 amide bonds. The summed E-state index contributed by atoms with van der Waals surface area (Å²) in [6.45, 7) is 3.15. The van der Waals surface area contributed by atoms with Crippen molar-refractivity contribution in [2.45, 2.75) is 19.4 Å². The first-order valence-corrected chi connectivity index (χ1v) is 8.50. The molecule has 26 heavy (non-hydrogen) atoms. The minimum atomic E-state index is -0.148. The van der Waals surface area contributed by atoms with Crippen LogP contribution in [0.15, 0.2) is 61.3 Å². The molecule has 0 aliphatic carbocycles. The van der Waals surface area contributed by atoms with Crippen LogP contribution in [-0.4, -0.2) is 38.8 Å². The van der Waals surface area contributed by atoms with Gasteiger partial charge in [-0.05, 0) is 31.0 Å². The Labute approximate surface area is 152 Å². The topological polar surface area (TPSA) is 81.9 Å². The van der Waals surface area contributed by atoms with Crippen LogP contribution in [0, 0.1) is 0 Å². The lowest BCUT2D eigenvalue weighted by molar-refractivity contribution is 0.0635. The van der Waals surface area contributed by atoms with Crippen molar-refractivity contribution in [1.82, 2.24) is 25.1 Å². The van der Waals surface area contributed by atoms with E-state index in [-0.39, 0.29) is 12.0 Å². The number of amides is 1. The van der Waals surface area contributed by atoms with Gasteiger partial charge in [0.15, 0.2) is 5.82 Å². The fourth-order valence-electron chi connectivity index (χ4n) is 2.47. The van der Waals surface area contributed by atoms with Gasteiger partial charge in [0, 0.05) is 24.9 Å². The number of carbonyl (C=O) groups is 1. The summed E-state index contributed by atoms with van der Waals surface area (Å²) in [6.07, 6.45) is 5.32. The molecule has 0 aliphatic heterocycles. The molecular weight excluding hydrogens is 330 g/mol. The molecule has 0 bridgehead atoms. The third kappa shape index (κ3) is 4.73. The molecule has 2 heterocycles. The second-order valence-corrected chi connectivity index (χ2v) is 5.78. The van der Waals surface area contributed by atoms with E-state index in [0.717, 1.165) is 12.0 Å². The first kappa shape index (κ1) is 17.8. The van der Waals surface area contributed by atoms with Gasteiger partial charge in [0.25, 0.3) is 5.91 Å². The van der Waals surface area contributed by atoms with Crippen LogP contribution in [0.1, 0.15) is 35.4 Å². The van der Waals surface area contributed by atoms with Gasteiger partial charge in [-0.25, -0.2) is 14.6 Å². The Morgan fingerprint density at radius 2 is 2.12 bits per heavy atom. The second kappa shape index (κ2) is 8.87. The van der Waals surface area contributed by atoms with Crippen molar-refractivity contribution in [3.8, 4) is 5.82 Å². The van der Waals surface area contributed by atoms with E-state index in [2.05, 4.69) is 20.4 Å². The van der Waals surface area contributed by atoms with E-state index in [0.29, 0.717) is 24.5 Å². The number of benzene rings is 1. The largest absolute Gasteiger partial charge is 0.374 e. The predicted octanol–water partition coefficient (Wildman–Crippen LogP) is 2.56. The smallest absolute Gasteiger partial charge is 0.251 e. The minimum absolute atomic E-state index is 0.0392. The highest BCUT2D eigenvalue weighted by atomic mass is 16.5. The average Bonchev–Trinajstić information content (AvgIpc) is 3.23. The molecule has 134 valence electrons. The zero-order valence-corrected chi connectivity index (χ0v) is 14.6. The highest BCUT2D eigenvalue weighted by molar-refractivity contribution is 5.94. The molecule has 3 rings (SSSR count). The second-order valence-electron chi connectivity index (χ2n) is 5.78. The number of carbonyl (C=O) groups excluding carboxylic acids is 1. The van der Waals surface area contributed by atoms with Crippen molar-refractivity contribution in [1.29, 1.82) is 0 Å². The molecule has 0 fully saturated rings. The maximum absolute atomic E-state index is 12.3. The summed E-state index contributed by atoms with van der Waals surface area (Å²) in [7, 11) is 0. The van der Waals surface area contributed by atoms with Crippen LogP contribution in [0.4, 0.5) is 0 Å². The Morgan fingerprint density at radius 3 is 2.88 bits per heavy atom. The molecule has 1 atom stereocenters. The van der Waals surface area contributed by atoms with Crippen LogP contribution in [0.2, 0.25) is 0 Å². The van der Waals surface area contributed by atoms with Gasteiger partial charge in [0.2, 0.25) is 0 Å². The lowest BCUT2D eigenvalue weighted by atomic mass is 10.1. The number of nitrogens with zero attached hydrogens (tertiary/aromatic N) is 4. The molecule has 1 N–H and O–H groups in total. The summed E-state index contributed by atoms with van der Waals surface area (Å²) in [5, 5.41) is 6.90. The number of hydrogen-bond donors (Lipinski definition) is 1. The molecule has 1 aromatic carbocycles. The number of pyridine rings is 1. The zero-order valence-electron chi connectivity index (χ0n) is 14.6. The standard InChI is InChI=1S/C19H21N5O2/c1-15(16-6-3-2-4-7-16)26-11-5-9-22-19(25)17-8-10-21-18(12-17)24-14-20-13-23-24/h2-4,6-8,10,12-15H,5,9,11H2,1H3,(H,22,25). The van der Waals surface area contributed by atoms with E-state index in [1.807, 2.05) is 37.3 Å². The summed E-state index contributed by atoms with van der Waals surface area (Å²) in [5.41, 5.74) is 1.68. The molecule has 0 radical (unpaired) electrons. The first-order chi connectivity index (χ1) is 12.7. The van der Waals surface area contributed by atoms with E-state index >= 15 is 0 Å². The Balaban J connectivity index is 1.42. The third-order valence-corrected chi connectivity index (χ3v) is 3.90. The van der Waals surface area contributed by atoms with E-state index in [9.17, 15) is 4.79 Å². The van der Waals surface area contributed by atoms with E-state index in [4.69, 9.17) is 4.74 Å². The van der Waals surface area contributed by atoms with Gasteiger partial charge >= 0.3 is 0 Å². The summed E-state index contributed by atoms with van der Waals surface area (Å²) >= 11 is 0. The van der Waals surface area contributed by atoms with E-state index in [1.165, 1.54) is 17.3 Å². The van der Waals surface area contributed by atoms with E-state index < -0.39 is 0 Å². The van der Waals surface area contributed by atoms with Crippen molar-refractivity contribution in [2.75, 3.05) is 13.2 Å². The maximum Gasteiger partial charge on any atom is 0.251 e. The quantitative estimate of drug-likeness (QED) is 0.631. The van der Waals surface area contributed by atoms with Crippen LogP contribution in [0.3, 0.4) is 0 Å². The Hall–Kier alpha value is -3.06. The zero-order chi connectivity index (χ0) is 18.2. The van der Waals surface area contributed by atoms with Gasteiger partial charge in [-0.15, -0.1) is 0 Å². The highest BCUT2D eigenvalue weighted by Crippen LogP contribution is 2.15. The molecule has 0 aliphatic rings. The first-order valence-electron chi connectivity index (χ1n) is 8.50. The lowest BCUT2D eigenvalue weighted by Crippen LogP contribution is -2.25. The lowest BCUT2D eigenvalue weighted by Gasteiger charge is -2.13. The fourth-order valence-corrected chi connectivity index (χ4v) is 2.47. The number of nitrogens with one attached hydrogen (secondary N) is 1. The van der Waals surface area contributed by atoms with Crippen molar-refractivity contribution in [3.63, 3.8) is 0 Å². The molecule has 2 aromatic heterocycles. The molecule has 7 nitrogen and oxygen atoms in total. The third-order valence-electron chi connectivity index (χ3n) is 3.90. The van der Waals surface area contributed by atoms with Crippen LogP contribution >= 0.6 is 0 Å². The van der Waals surface area contributed by atoms with Crippen LogP contribution < -0.4 is 5.32 Å². The van der Waals surface area contributed by atoms with Crippen molar-refractivity contribution < 1.29 is 9.53 Å². The number of ether oxygens (including phenoxy) is 1. The average molecular weight is 351 g/mol. The maximum atomic E-state index is 12.3. The number of rotatable bonds is 8. The van der Waals surface area contributed by atoms with E-state index in [1.54, 1.807) is 18.3 Å². The number of hydrogen-bond acceptors (Lipinski definition) is 5. The fraction of sp³-hybridized carbons (Fsp3) is 0.263. The number of aromatic nitrogens is 4. The summed E-state index contributed by atoms with van der Waals surface area (Å²) in [5.74, 6) is 0.403.